The van der Waals surface area contributed by atoms with Crippen molar-refractivity contribution >= 4 is 17.3 Å². The summed E-state index contributed by atoms with van der Waals surface area (Å²) in [6.07, 6.45) is 2.53. The summed E-state index contributed by atoms with van der Waals surface area (Å²) in [5, 5.41) is 17.4. The van der Waals surface area contributed by atoms with Gasteiger partial charge in [0.1, 0.15) is 12.4 Å². The summed E-state index contributed by atoms with van der Waals surface area (Å²) in [6, 6.07) is 5.26. The van der Waals surface area contributed by atoms with Gasteiger partial charge in [0.2, 0.25) is 0 Å². The molecule has 1 heterocycles. The number of hydrogen-bond donors (Lipinski definition) is 2. The van der Waals surface area contributed by atoms with E-state index in [0.717, 1.165) is 0 Å². The van der Waals surface area contributed by atoms with Crippen molar-refractivity contribution in [3.8, 4) is 11.5 Å². The number of guanidine groups is 1. The van der Waals surface area contributed by atoms with Gasteiger partial charge in [0.25, 0.3) is 0 Å². The Labute approximate surface area is 138 Å². The Kier molecular flexibility index (Phi) is 5.55. The van der Waals surface area contributed by atoms with Gasteiger partial charge in [-0.25, -0.2) is 0 Å². The standard InChI is InChI=1S/C14H18N6O4/c1-23-12-4-3-10(7-13(12)24-2)18-14(15)16-5-6-19-9-11(8-17-19)20(21)22/h3-4,7-9H,5-6H2,1-2H3,(H3,15,16,18). The molecule has 1 aromatic carbocycles. The second kappa shape index (κ2) is 7.81. The van der Waals surface area contributed by atoms with Gasteiger partial charge in [-0.05, 0) is 12.1 Å². The highest BCUT2D eigenvalue weighted by Crippen LogP contribution is 2.29. The molecule has 2 aromatic rings. The van der Waals surface area contributed by atoms with Gasteiger partial charge < -0.3 is 20.5 Å². The maximum atomic E-state index is 10.6. The molecule has 0 saturated heterocycles. The Hall–Kier alpha value is -3.30. The lowest BCUT2D eigenvalue weighted by Gasteiger charge is -2.10. The molecular weight excluding hydrogens is 316 g/mol. The summed E-state index contributed by atoms with van der Waals surface area (Å²) in [6.45, 7) is 0.701. The molecule has 0 saturated carbocycles. The molecule has 24 heavy (non-hydrogen) atoms. The van der Waals surface area contributed by atoms with Crippen LogP contribution in [0.2, 0.25) is 0 Å². The van der Waals surface area contributed by atoms with Gasteiger partial charge >= 0.3 is 5.69 Å². The summed E-state index contributed by atoms with van der Waals surface area (Å²) in [5.41, 5.74) is 6.45. The third-order valence-electron chi connectivity index (χ3n) is 3.10. The van der Waals surface area contributed by atoms with E-state index in [2.05, 4.69) is 15.4 Å². The maximum Gasteiger partial charge on any atom is 0.306 e. The van der Waals surface area contributed by atoms with Crippen molar-refractivity contribution < 1.29 is 14.4 Å². The van der Waals surface area contributed by atoms with E-state index < -0.39 is 4.92 Å². The van der Waals surface area contributed by atoms with E-state index in [1.165, 1.54) is 17.1 Å². The Balaban J connectivity index is 1.92. The minimum absolute atomic E-state index is 0.0598. The first kappa shape index (κ1) is 17.1. The molecule has 1 aromatic heterocycles. The highest BCUT2D eigenvalue weighted by molar-refractivity contribution is 5.92. The lowest BCUT2D eigenvalue weighted by molar-refractivity contribution is -0.385. The van der Waals surface area contributed by atoms with E-state index >= 15 is 0 Å². The Morgan fingerprint density at radius 1 is 1.42 bits per heavy atom. The van der Waals surface area contributed by atoms with Gasteiger partial charge in [-0.1, -0.05) is 0 Å². The summed E-state index contributed by atoms with van der Waals surface area (Å²) < 4.78 is 11.8. The Bertz CT molecular complexity index is 743. The normalized spacial score (nSPS) is 11.2. The van der Waals surface area contributed by atoms with Crippen molar-refractivity contribution in [3.63, 3.8) is 0 Å². The fraction of sp³-hybridized carbons (Fsp3) is 0.286. The van der Waals surface area contributed by atoms with Crippen LogP contribution >= 0.6 is 0 Å². The van der Waals surface area contributed by atoms with Crippen LogP contribution in [0.15, 0.2) is 35.6 Å². The number of nitro groups is 1. The van der Waals surface area contributed by atoms with Crippen LogP contribution in [-0.4, -0.2) is 41.4 Å². The first-order chi connectivity index (χ1) is 11.5. The van der Waals surface area contributed by atoms with Crippen LogP contribution < -0.4 is 20.5 Å². The van der Waals surface area contributed by atoms with Gasteiger partial charge in [0.05, 0.1) is 32.2 Å². The zero-order valence-electron chi connectivity index (χ0n) is 13.3. The van der Waals surface area contributed by atoms with E-state index in [0.29, 0.717) is 30.3 Å². The number of methoxy groups -OCH3 is 2. The van der Waals surface area contributed by atoms with Crippen LogP contribution in [0.3, 0.4) is 0 Å². The zero-order valence-corrected chi connectivity index (χ0v) is 13.3. The molecule has 0 aliphatic carbocycles. The number of aromatic nitrogens is 2. The van der Waals surface area contributed by atoms with Crippen LogP contribution in [0, 0.1) is 10.1 Å². The molecule has 128 valence electrons. The lowest BCUT2D eigenvalue weighted by atomic mass is 10.3. The van der Waals surface area contributed by atoms with Crippen LogP contribution in [-0.2, 0) is 6.54 Å². The summed E-state index contributed by atoms with van der Waals surface area (Å²) in [7, 11) is 3.10. The van der Waals surface area contributed by atoms with E-state index in [4.69, 9.17) is 15.2 Å². The second-order valence-corrected chi connectivity index (χ2v) is 4.68. The topological polar surface area (TPSA) is 130 Å². The summed E-state index contributed by atoms with van der Waals surface area (Å²) in [4.78, 5) is 14.2. The fourth-order valence-corrected chi connectivity index (χ4v) is 1.94. The monoisotopic (exact) mass is 334 g/mol. The van der Waals surface area contributed by atoms with E-state index in [1.54, 1.807) is 32.4 Å². The van der Waals surface area contributed by atoms with Crippen LogP contribution in [0.4, 0.5) is 11.4 Å². The smallest absolute Gasteiger partial charge is 0.306 e. The largest absolute Gasteiger partial charge is 0.493 e. The van der Waals surface area contributed by atoms with Crippen LogP contribution in [0.5, 0.6) is 11.5 Å². The minimum atomic E-state index is -0.500. The average Bonchev–Trinajstić information content (AvgIpc) is 3.04. The molecule has 0 amide bonds. The summed E-state index contributed by atoms with van der Waals surface area (Å²) in [5.74, 6) is 1.39. The fourth-order valence-electron chi connectivity index (χ4n) is 1.94. The maximum absolute atomic E-state index is 10.6. The van der Waals surface area contributed by atoms with Crippen molar-refractivity contribution in [2.75, 3.05) is 26.1 Å². The molecule has 0 atom stereocenters. The highest BCUT2D eigenvalue weighted by atomic mass is 16.6. The predicted octanol–water partition coefficient (Wildman–Crippen LogP) is 1.24. The van der Waals surface area contributed by atoms with E-state index in [-0.39, 0.29) is 11.6 Å². The van der Waals surface area contributed by atoms with Crippen LogP contribution in [0.25, 0.3) is 0 Å². The number of benzene rings is 1. The number of hydrogen-bond acceptors (Lipinski definition) is 6. The number of ether oxygens (including phenoxy) is 2. The molecule has 0 bridgehead atoms. The number of nitrogens with one attached hydrogen (secondary N) is 1. The zero-order chi connectivity index (χ0) is 17.5. The Morgan fingerprint density at radius 3 is 2.79 bits per heavy atom. The first-order valence-electron chi connectivity index (χ1n) is 6.99. The van der Waals surface area contributed by atoms with E-state index in [9.17, 15) is 10.1 Å². The highest BCUT2D eigenvalue weighted by Gasteiger charge is 2.08. The minimum Gasteiger partial charge on any atom is -0.493 e. The number of aliphatic imine (C=N–C) groups is 1. The third-order valence-corrected chi connectivity index (χ3v) is 3.10. The molecule has 2 rings (SSSR count). The number of nitrogens with two attached hydrogens (primary N) is 1. The average molecular weight is 334 g/mol. The molecule has 0 radical (unpaired) electrons. The predicted molar refractivity (Wildman–Crippen MR) is 88.5 cm³/mol. The van der Waals surface area contributed by atoms with Crippen molar-refractivity contribution in [1.29, 1.82) is 0 Å². The van der Waals surface area contributed by atoms with Crippen molar-refractivity contribution in [1.82, 2.24) is 9.78 Å². The summed E-state index contributed by atoms with van der Waals surface area (Å²) >= 11 is 0. The molecular formula is C14H18N6O4. The molecule has 0 unspecified atom stereocenters. The molecule has 0 aliphatic rings. The van der Waals surface area contributed by atoms with E-state index in [1.807, 2.05) is 0 Å². The van der Waals surface area contributed by atoms with Gasteiger partial charge in [-0.2, -0.15) is 5.10 Å². The van der Waals surface area contributed by atoms with Gasteiger partial charge in [0.15, 0.2) is 17.5 Å². The third kappa shape index (κ3) is 4.35. The first-order valence-corrected chi connectivity index (χ1v) is 6.99. The number of nitrogens with zero attached hydrogens (tertiary/aromatic N) is 4. The Morgan fingerprint density at radius 2 is 2.17 bits per heavy atom. The number of anilines is 1. The molecule has 10 heteroatoms. The second-order valence-electron chi connectivity index (χ2n) is 4.68. The van der Waals surface area contributed by atoms with Crippen molar-refractivity contribution in [2.24, 2.45) is 10.7 Å². The van der Waals surface area contributed by atoms with Crippen molar-refractivity contribution in [3.05, 3.63) is 40.7 Å². The SMILES string of the molecule is COc1ccc(NC(N)=NCCn2cc([N+](=O)[O-])cn2)cc1OC. The van der Waals surface area contributed by atoms with Crippen LogP contribution in [0.1, 0.15) is 0 Å². The molecule has 10 nitrogen and oxygen atoms in total. The number of rotatable bonds is 7. The molecule has 0 fully saturated rings. The lowest BCUT2D eigenvalue weighted by Crippen LogP contribution is -2.23. The van der Waals surface area contributed by atoms with Gasteiger partial charge in [-0.15, -0.1) is 0 Å². The van der Waals surface area contributed by atoms with Gasteiger partial charge in [-0.3, -0.25) is 19.8 Å². The molecule has 0 spiro atoms. The van der Waals surface area contributed by atoms with Crippen molar-refractivity contribution in [2.45, 2.75) is 6.54 Å². The quantitative estimate of drug-likeness (QED) is 0.337. The molecule has 3 N–H and O–H groups in total. The van der Waals surface area contributed by atoms with Gasteiger partial charge in [0, 0.05) is 11.8 Å². The molecule has 0 aliphatic heterocycles.